The lowest BCUT2D eigenvalue weighted by atomic mass is 10.0. The summed E-state index contributed by atoms with van der Waals surface area (Å²) < 4.78 is 2.22. The van der Waals surface area contributed by atoms with Crippen molar-refractivity contribution in [1.82, 2.24) is 4.57 Å². The molecule has 0 saturated heterocycles. The van der Waals surface area contributed by atoms with E-state index in [0.717, 1.165) is 38.8 Å². The second-order valence-electron chi connectivity index (χ2n) is 6.38. The van der Waals surface area contributed by atoms with Crippen LogP contribution in [0.1, 0.15) is 34.6 Å². The van der Waals surface area contributed by atoms with Crippen molar-refractivity contribution in [1.29, 1.82) is 0 Å². The van der Waals surface area contributed by atoms with Crippen LogP contribution in [0.4, 0.5) is 0 Å². The standard InChI is InChI=1S/C22H18N2O3S/c1-3-24-19-8-6-15(13-23-27-14(2)25)11-17(19)18-12-16(7-9-20(18)24)22(26)21-5-4-10-28-21/h4-13H,3H2,1-2H3. The zero-order valence-corrected chi connectivity index (χ0v) is 16.3. The van der Waals surface area contributed by atoms with Gasteiger partial charge in [-0.25, -0.2) is 4.79 Å². The van der Waals surface area contributed by atoms with E-state index in [1.165, 1.54) is 24.5 Å². The van der Waals surface area contributed by atoms with Crippen LogP contribution in [-0.4, -0.2) is 22.5 Å². The van der Waals surface area contributed by atoms with Crippen LogP contribution >= 0.6 is 11.3 Å². The first kappa shape index (κ1) is 18.1. The molecule has 0 unspecified atom stereocenters. The van der Waals surface area contributed by atoms with E-state index in [1.54, 1.807) is 0 Å². The Labute approximate surface area is 165 Å². The number of hydrogen-bond acceptors (Lipinski definition) is 5. The van der Waals surface area contributed by atoms with Crippen molar-refractivity contribution in [2.45, 2.75) is 20.4 Å². The summed E-state index contributed by atoms with van der Waals surface area (Å²) >= 11 is 1.44. The molecule has 2 heterocycles. The third-order valence-electron chi connectivity index (χ3n) is 4.60. The molecule has 0 saturated carbocycles. The maximum Gasteiger partial charge on any atom is 0.331 e. The van der Waals surface area contributed by atoms with E-state index in [9.17, 15) is 9.59 Å². The number of rotatable bonds is 5. The van der Waals surface area contributed by atoms with Crippen LogP contribution in [0.2, 0.25) is 0 Å². The van der Waals surface area contributed by atoms with E-state index < -0.39 is 5.97 Å². The van der Waals surface area contributed by atoms with Gasteiger partial charge in [0.25, 0.3) is 0 Å². The second-order valence-corrected chi connectivity index (χ2v) is 7.32. The highest BCUT2D eigenvalue weighted by molar-refractivity contribution is 7.12. The van der Waals surface area contributed by atoms with Gasteiger partial charge in [0.1, 0.15) is 0 Å². The van der Waals surface area contributed by atoms with Crippen molar-refractivity contribution < 1.29 is 14.4 Å². The Bertz CT molecular complexity index is 1220. The van der Waals surface area contributed by atoms with Gasteiger partial charge in [0.05, 0.1) is 11.1 Å². The zero-order valence-electron chi connectivity index (χ0n) is 15.5. The number of benzene rings is 2. The Hall–Kier alpha value is -3.25. The number of carbonyl (C=O) groups excluding carboxylic acids is 2. The summed E-state index contributed by atoms with van der Waals surface area (Å²) in [5.74, 6) is -0.432. The first-order valence-electron chi connectivity index (χ1n) is 8.93. The molecule has 0 bridgehead atoms. The third kappa shape index (κ3) is 3.23. The van der Waals surface area contributed by atoms with E-state index in [2.05, 4.69) is 21.5 Å². The molecule has 0 atom stereocenters. The topological polar surface area (TPSA) is 60.7 Å². The van der Waals surface area contributed by atoms with Gasteiger partial charge in [-0.1, -0.05) is 17.3 Å². The molecule has 4 rings (SSSR count). The van der Waals surface area contributed by atoms with Crippen LogP contribution in [0.25, 0.3) is 21.8 Å². The molecule has 6 heteroatoms. The van der Waals surface area contributed by atoms with Gasteiger partial charge in [-0.05, 0) is 54.3 Å². The molecule has 2 aromatic carbocycles. The van der Waals surface area contributed by atoms with Gasteiger partial charge in [-0.15, -0.1) is 11.3 Å². The fourth-order valence-electron chi connectivity index (χ4n) is 3.40. The molecular weight excluding hydrogens is 372 g/mol. The minimum atomic E-state index is -0.461. The molecule has 4 aromatic rings. The maximum atomic E-state index is 12.8. The molecule has 5 nitrogen and oxygen atoms in total. The van der Waals surface area contributed by atoms with Gasteiger partial charge >= 0.3 is 5.97 Å². The molecule has 2 aromatic heterocycles. The molecule has 0 spiro atoms. The summed E-state index contributed by atoms with van der Waals surface area (Å²) in [6.07, 6.45) is 1.51. The Morgan fingerprint density at radius 2 is 1.86 bits per heavy atom. The molecule has 0 aliphatic heterocycles. The lowest BCUT2D eigenvalue weighted by Gasteiger charge is -2.03. The number of oxime groups is 1. The maximum absolute atomic E-state index is 12.8. The van der Waals surface area contributed by atoms with Crippen LogP contribution in [0.15, 0.2) is 59.1 Å². The SMILES string of the molecule is CCn1c2ccc(C=NOC(C)=O)cc2c2cc(C(=O)c3cccs3)ccc21. The molecule has 0 fully saturated rings. The van der Waals surface area contributed by atoms with E-state index in [4.69, 9.17) is 0 Å². The van der Waals surface area contributed by atoms with Crippen LogP contribution < -0.4 is 0 Å². The van der Waals surface area contributed by atoms with Crippen LogP contribution in [0.3, 0.4) is 0 Å². The number of fused-ring (bicyclic) bond motifs is 3. The van der Waals surface area contributed by atoms with E-state index in [1.807, 2.05) is 53.9 Å². The highest BCUT2D eigenvalue weighted by atomic mass is 32.1. The number of thiophene rings is 1. The zero-order chi connectivity index (χ0) is 19.7. The molecule has 0 N–H and O–H groups in total. The van der Waals surface area contributed by atoms with Gasteiger partial charge in [0.2, 0.25) is 5.78 Å². The van der Waals surface area contributed by atoms with Gasteiger partial charge in [-0.3, -0.25) is 4.79 Å². The fourth-order valence-corrected chi connectivity index (χ4v) is 4.08. The quantitative estimate of drug-likeness (QED) is 0.208. The fraction of sp³-hybridized carbons (Fsp3) is 0.136. The van der Waals surface area contributed by atoms with E-state index in [-0.39, 0.29) is 5.78 Å². The highest BCUT2D eigenvalue weighted by Gasteiger charge is 2.15. The van der Waals surface area contributed by atoms with Gasteiger partial charge in [0.15, 0.2) is 0 Å². The summed E-state index contributed by atoms with van der Waals surface area (Å²) in [4.78, 5) is 29.0. The molecule has 0 aliphatic rings. The Morgan fingerprint density at radius 1 is 1.11 bits per heavy atom. The number of carbonyl (C=O) groups is 2. The molecule has 0 radical (unpaired) electrons. The summed E-state index contributed by atoms with van der Waals surface area (Å²) in [6, 6.07) is 15.5. The lowest BCUT2D eigenvalue weighted by molar-refractivity contribution is -0.140. The van der Waals surface area contributed by atoms with Gasteiger partial charge < -0.3 is 9.40 Å². The number of aryl methyl sites for hydroxylation is 1. The van der Waals surface area contributed by atoms with E-state index in [0.29, 0.717) is 5.56 Å². The van der Waals surface area contributed by atoms with Crippen molar-refractivity contribution in [3.8, 4) is 0 Å². The second kappa shape index (κ2) is 7.40. The number of hydrogen-bond donors (Lipinski definition) is 0. The number of nitrogens with zero attached hydrogens (tertiary/aromatic N) is 2. The van der Waals surface area contributed by atoms with Gasteiger partial charge in [-0.2, -0.15) is 0 Å². The first-order chi connectivity index (χ1) is 13.6. The molecule has 0 aliphatic carbocycles. The highest BCUT2D eigenvalue weighted by Crippen LogP contribution is 2.31. The summed E-state index contributed by atoms with van der Waals surface area (Å²) in [5, 5.41) is 7.65. The van der Waals surface area contributed by atoms with Gasteiger partial charge in [0, 0.05) is 40.8 Å². The predicted molar refractivity (Wildman–Crippen MR) is 112 cm³/mol. The smallest absolute Gasteiger partial charge is 0.331 e. The van der Waals surface area contributed by atoms with Crippen LogP contribution in [-0.2, 0) is 16.2 Å². The third-order valence-corrected chi connectivity index (χ3v) is 5.46. The Balaban J connectivity index is 1.86. The van der Waals surface area contributed by atoms with Crippen molar-refractivity contribution in [3.63, 3.8) is 0 Å². The minimum Gasteiger partial charge on any atom is -0.341 e. The largest absolute Gasteiger partial charge is 0.341 e. The average Bonchev–Trinajstić information content (AvgIpc) is 3.33. The van der Waals surface area contributed by atoms with Crippen molar-refractivity contribution in [2.24, 2.45) is 5.16 Å². The number of aromatic nitrogens is 1. The van der Waals surface area contributed by atoms with Crippen LogP contribution in [0, 0.1) is 0 Å². The summed E-state index contributed by atoms with van der Waals surface area (Å²) in [5.41, 5.74) is 3.65. The average molecular weight is 390 g/mol. The summed E-state index contributed by atoms with van der Waals surface area (Å²) in [6.45, 7) is 4.22. The first-order valence-corrected chi connectivity index (χ1v) is 9.81. The number of ketones is 1. The molecular formula is C22H18N2O3S. The lowest BCUT2D eigenvalue weighted by Crippen LogP contribution is -1.98. The monoisotopic (exact) mass is 390 g/mol. The predicted octanol–water partition coefficient (Wildman–Crippen LogP) is 5.00. The minimum absolute atomic E-state index is 0.0295. The normalized spacial score (nSPS) is 11.5. The Morgan fingerprint density at radius 3 is 2.54 bits per heavy atom. The Kier molecular flexibility index (Phi) is 4.79. The van der Waals surface area contributed by atoms with Crippen molar-refractivity contribution in [2.75, 3.05) is 0 Å². The molecule has 0 amide bonds. The molecule has 140 valence electrons. The van der Waals surface area contributed by atoms with Crippen LogP contribution in [0.5, 0.6) is 0 Å². The van der Waals surface area contributed by atoms with Crippen molar-refractivity contribution in [3.05, 3.63) is 69.9 Å². The molecule has 28 heavy (non-hydrogen) atoms. The summed E-state index contributed by atoms with van der Waals surface area (Å²) in [7, 11) is 0. The van der Waals surface area contributed by atoms with Crippen molar-refractivity contribution >= 4 is 51.1 Å². The van der Waals surface area contributed by atoms with E-state index >= 15 is 0 Å².